The highest BCUT2D eigenvalue weighted by Gasteiger charge is 2.32. The number of ether oxygens (including phenoxy) is 1. The zero-order valence-corrected chi connectivity index (χ0v) is 11.3. The van der Waals surface area contributed by atoms with E-state index in [0.29, 0.717) is 19.8 Å². The lowest BCUT2D eigenvalue weighted by Gasteiger charge is -2.35. The molecule has 0 atom stereocenters. The molecule has 3 nitrogen and oxygen atoms in total. The van der Waals surface area contributed by atoms with Gasteiger partial charge in [0, 0.05) is 5.41 Å². The van der Waals surface area contributed by atoms with E-state index in [4.69, 9.17) is 4.74 Å². The van der Waals surface area contributed by atoms with Crippen LogP contribution in [0.25, 0.3) is 0 Å². The highest BCUT2D eigenvalue weighted by molar-refractivity contribution is 5.33. The van der Waals surface area contributed by atoms with Gasteiger partial charge in [-0.3, -0.25) is 0 Å². The van der Waals surface area contributed by atoms with Gasteiger partial charge < -0.3 is 4.74 Å². The minimum atomic E-state index is 0.0600. The molecule has 19 heavy (non-hydrogen) atoms. The van der Waals surface area contributed by atoms with Crippen LogP contribution in [0, 0.1) is 5.41 Å². The summed E-state index contributed by atoms with van der Waals surface area (Å²) in [5, 5.41) is 0. The second-order valence-electron chi connectivity index (χ2n) is 5.45. The molecule has 0 aromatic heterocycles. The van der Waals surface area contributed by atoms with E-state index in [9.17, 15) is 4.79 Å². The van der Waals surface area contributed by atoms with Crippen molar-refractivity contribution in [3.63, 3.8) is 0 Å². The predicted molar refractivity (Wildman–Crippen MR) is 74.6 cm³/mol. The quantitative estimate of drug-likeness (QED) is 0.579. The number of rotatable bonds is 6. The number of benzene rings is 1. The van der Waals surface area contributed by atoms with Gasteiger partial charge in [0.15, 0.2) is 0 Å². The van der Waals surface area contributed by atoms with E-state index in [1.165, 1.54) is 24.8 Å². The number of nitrogens with zero attached hydrogens (tertiary/aromatic N) is 1. The third kappa shape index (κ3) is 4.30. The Hall–Kier alpha value is -1.44. The normalized spacial score (nSPS) is 17.7. The Kier molecular flexibility index (Phi) is 5.31. The molecule has 1 saturated carbocycles. The van der Waals surface area contributed by atoms with Crippen LogP contribution in [0.4, 0.5) is 0 Å². The summed E-state index contributed by atoms with van der Waals surface area (Å²) in [6, 6.07) is 10.2. The van der Waals surface area contributed by atoms with Crippen LogP contribution in [0.5, 0.6) is 0 Å². The smallest absolute Gasteiger partial charge is 0.234 e. The molecule has 0 spiro atoms. The number of aliphatic imine (C=N–C) groups is 1. The van der Waals surface area contributed by atoms with E-state index >= 15 is 0 Å². The average molecular weight is 259 g/mol. The van der Waals surface area contributed by atoms with Gasteiger partial charge >= 0.3 is 0 Å². The Balaban J connectivity index is 1.87. The largest absolute Gasteiger partial charge is 0.376 e. The second-order valence-corrected chi connectivity index (χ2v) is 5.45. The number of hydrogen-bond acceptors (Lipinski definition) is 3. The zero-order valence-electron chi connectivity index (χ0n) is 11.3. The van der Waals surface area contributed by atoms with Crippen molar-refractivity contribution in [3.05, 3.63) is 35.9 Å². The fraction of sp³-hybridized carbons (Fsp3) is 0.562. The first-order chi connectivity index (χ1) is 9.35. The summed E-state index contributed by atoms with van der Waals surface area (Å²) < 4.78 is 5.87. The standard InChI is InChI=1S/C16H21NO2/c18-14-17-12-16(9-5-2-6-10-16)13-19-11-15-7-3-1-4-8-15/h1,3-4,7-8H,2,5-6,9-13H2. The van der Waals surface area contributed by atoms with E-state index in [2.05, 4.69) is 17.1 Å². The van der Waals surface area contributed by atoms with E-state index in [1.807, 2.05) is 18.2 Å². The molecular weight excluding hydrogens is 238 g/mol. The lowest BCUT2D eigenvalue weighted by molar-refractivity contribution is 0.0167. The molecule has 1 aromatic rings. The maximum Gasteiger partial charge on any atom is 0.234 e. The monoisotopic (exact) mass is 259 g/mol. The average Bonchev–Trinajstić information content (AvgIpc) is 2.47. The first kappa shape index (κ1) is 14.0. The first-order valence-electron chi connectivity index (χ1n) is 7.00. The minimum Gasteiger partial charge on any atom is -0.376 e. The Morgan fingerprint density at radius 3 is 2.58 bits per heavy atom. The molecule has 1 aliphatic rings. The van der Waals surface area contributed by atoms with Crippen molar-refractivity contribution < 1.29 is 9.53 Å². The van der Waals surface area contributed by atoms with E-state index in [-0.39, 0.29) is 5.41 Å². The molecular formula is C16H21NO2. The van der Waals surface area contributed by atoms with Crippen LogP contribution in [-0.4, -0.2) is 19.2 Å². The summed E-state index contributed by atoms with van der Waals surface area (Å²) in [5.41, 5.74) is 1.25. The third-order valence-corrected chi connectivity index (χ3v) is 3.91. The Morgan fingerprint density at radius 1 is 1.16 bits per heavy atom. The molecule has 0 radical (unpaired) electrons. The number of hydrogen-bond donors (Lipinski definition) is 0. The van der Waals surface area contributed by atoms with Crippen LogP contribution < -0.4 is 0 Å². The fourth-order valence-corrected chi connectivity index (χ4v) is 2.81. The summed E-state index contributed by atoms with van der Waals surface area (Å²) in [6.45, 7) is 1.88. The zero-order chi connectivity index (χ0) is 13.4. The van der Waals surface area contributed by atoms with E-state index in [0.717, 1.165) is 12.8 Å². The molecule has 0 aliphatic heterocycles. The Bertz CT molecular complexity index is 418. The summed E-state index contributed by atoms with van der Waals surface area (Å²) in [5.74, 6) is 0. The molecule has 102 valence electrons. The molecule has 3 heteroatoms. The van der Waals surface area contributed by atoms with Gasteiger partial charge in [-0.15, -0.1) is 0 Å². The summed E-state index contributed by atoms with van der Waals surface area (Å²) in [6.07, 6.45) is 7.58. The molecule has 0 bridgehead atoms. The van der Waals surface area contributed by atoms with Crippen LogP contribution in [0.3, 0.4) is 0 Å². The summed E-state index contributed by atoms with van der Waals surface area (Å²) in [4.78, 5) is 14.2. The van der Waals surface area contributed by atoms with Gasteiger partial charge in [-0.05, 0) is 18.4 Å². The fourth-order valence-electron chi connectivity index (χ4n) is 2.81. The topological polar surface area (TPSA) is 38.7 Å². The van der Waals surface area contributed by atoms with Crippen LogP contribution >= 0.6 is 0 Å². The van der Waals surface area contributed by atoms with E-state index < -0.39 is 0 Å². The van der Waals surface area contributed by atoms with Crippen LogP contribution in [-0.2, 0) is 16.1 Å². The minimum absolute atomic E-state index is 0.0600. The summed E-state index contributed by atoms with van der Waals surface area (Å²) in [7, 11) is 0. The SMILES string of the molecule is O=C=NCC1(COCc2ccccc2)CCCCC1. The molecule has 2 rings (SSSR count). The third-order valence-electron chi connectivity index (χ3n) is 3.91. The van der Waals surface area contributed by atoms with Crippen molar-refractivity contribution in [2.75, 3.05) is 13.2 Å². The van der Waals surface area contributed by atoms with Gasteiger partial charge in [-0.25, -0.2) is 9.79 Å². The molecule has 0 N–H and O–H groups in total. The van der Waals surface area contributed by atoms with E-state index in [1.54, 1.807) is 6.08 Å². The molecule has 0 heterocycles. The Labute approximate surface area is 114 Å². The summed E-state index contributed by atoms with van der Waals surface area (Å²) >= 11 is 0. The van der Waals surface area contributed by atoms with Crippen molar-refractivity contribution in [2.24, 2.45) is 10.4 Å². The van der Waals surface area contributed by atoms with Crippen molar-refractivity contribution >= 4 is 6.08 Å². The van der Waals surface area contributed by atoms with Gasteiger partial charge in [0.1, 0.15) is 0 Å². The van der Waals surface area contributed by atoms with Crippen LogP contribution in [0.1, 0.15) is 37.7 Å². The van der Waals surface area contributed by atoms with Gasteiger partial charge in [0.2, 0.25) is 6.08 Å². The molecule has 0 amide bonds. The van der Waals surface area contributed by atoms with Gasteiger partial charge in [-0.1, -0.05) is 49.6 Å². The highest BCUT2D eigenvalue weighted by atomic mass is 16.5. The molecule has 0 unspecified atom stereocenters. The first-order valence-corrected chi connectivity index (χ1v) is 7.00. The molecule has 1 fully saturated rings. The lowest BCUT2D eigenvalue weighted by Crippen LogP contribution is -2.32. The molecule has 0 saturated heterocycles. The van der Waals surface area contributed by atoms with Gasteiger partial charge in [0.25, 0.3) is 0 Å². The van der Waals surface area contributed by atoms with Gasteiger partial charge in [-0.2, -0.15) is 0 Å². The Morgan fingerprint density at radius 2 is 1.89 bits per heavy atom. The molecule has 1 aromatic carbocycles. The maximum absolute atomic E-state index is 10.4. The van der Waals surface area contributed by atoms with Crippen molar-refractivity contribution in [1.29, 1.82) is 0 Å². The van der Waals surface area contributed by atoms with Crippen molar-refractivity contribution in [1.82, 2.24) is 0 Å². The van der Waals surface area contributed by atoms with Crippen molar-refractivity contribution in [3.8, 4) is 0 Å². The maximum atomic E-state index is 10.4. The second kappa shape index (κ2) is 7.22. The molecule has 1 aliphatic carbocycles. The highest BCUT2D eigenvalue weighted by Crippen LogP contribution is 2.37. The van der Waals surface area contributed by atoms with Crippen LogP contribution in [0.2, 0.25) is 0 Å². The predicted octanol–water partition coefficient (Wildman–Crippen LogP) is 3.49. The number of isocyanates is 1. The van der Waals surface area contributed by atoms with Crippen LogP contribution in [0.15, 0.2) is 35.3 Å². The lowest BCUT2D eigenvalue weighted by atomic mass is 9.74. The number of carbonyl (C=O) groups excluding carboxylic acids is 1. The van der Waals surface area contributed by atoms with Crippen molar-refractivity contribution in [2.45, 2.75) is 38.7 Å². The van der Waals surface area contributed by atoms with Gasteiger partial charge in [0.05, 0.1) is 19.8 Å².